The van der Waals surface area contributed by atoms with E-state index in [1.165, 1.54) is 5.56 Å². The molecule has 2 fully saturated rings. The summed E-state index contributed by atoms with van der Waals surface area (Å²) in [4.78, 5) is 0. The molecular formula is C14H17NO3. The first-order valence-corrected chi connectivity index (χ1v) is 6.50. The zero-order valence-corrected chi connectivity index (χ0v) is 10.3. The fourth-order valence-corrected chi connectivity index (χ4v) is 3.00. The van der Waals surface area contributed by atoms with Gasteiger partial charge in [-0.3, -0.25) is 0 Å². The van der Waals surface area contributed by atoms with Crippen molar-refractivity contribution in [1.82, 2.24) is 0 Å². The zero-order valence-electron chi connectivity index (χ0n) is 10.3. The van der Waals surface area contributed by atoms with Gasteiger partial charge in [-0.2, -0.15) is 0 Å². The van der Waals surface area contributed by atoms with Crippen molar-refractivity contribution in [3.05, 3.63) is 23.8 Å². The van der Waals surface area contributed by atoms with Crippen LogP contribution in [0, 0.1) is 0 Å². The highest BCUT2D eigenvalue weighted by Crippen LogP contribution is 2.54. The minimum Gasteiger partial charge on any atom is -0.486 e. The van der Waals surface area contributed by atoms with Crippen LogP contribution >= 0.6 is 0 Å². The molecule has 4 rings (SSSR count). The molecule has 1 saturated carbocycles. The van der Waals surface area contributed by atoms with Crippen molar-refractivity contribution in [3.8, 4) is 11.5 Å². The van der Waals surface area contributed by atoms with E-state index >= 15 is 0 Å². The summed E-state index contributed by atoms with van der Waals surface area (Å²) in [7, 11) is 0. The molecule has 4 nitrogen and oxygen atoms in total. The maximum absolute atomic E-state index is 6.44. The van der Waals surface area contributed by atoms with Gasteiger partial charge < -0.3 is 19.9 Å². The fourth-order valence-electron chi connectivity index (χ4n) is 3.00. The molecule has 0 aromatic heterocycles. The Morgan fingerprint density at radius 2 is 1.72 bits per heavy atom. The van der Waals surface area contributed by atoms with Gasteiger partial charge in [-0.15, -0.1) is 0 Å². The quantitative estimate of drug-likeness (QED) is 0.853. The van der Waals surface area contributed by atoms with E-state index in [1.807, 2.05) is 6.07 Å². The second-order valence-corrected chi connectivity index (χ2v) is 5.59. The van der Waals surface area contributed by atoms with Crippen LogP contribution < -0.4 is 15.2 Å². The first-order chi connectivity index (χ1) is 8.74. The van der Waals surface area contributed by atoms with Crippen LogP contribution in [-0.4, -0.2) is 32.0 Å². The lowest BCUT2D eigenvalue weighted by atomic mass is 9.70. The van der Waals surface area contributed by atoms with Gasteiger partial charge in [-0.25, -0.2) is 0 Å². The van der Waals surface area contributed by atoms with Crippen LogP contribution in [0.1, 0.15) is 18.4 Å². The van der Waals surface area contributed by atoms with Crippen molar-refractivity contribution in [3.63, 3.8) is 0 Å². The van der Waals surface area contributed by atoms with Gasteiger partial charge in [0.25, 0.3) is 0 Å². The first-order valence-electron chi connectivity index (χ1n) is 6.50. The van der Waals surface area contributed by atoms with Crippen LogP contribution in [0.5, 0.6) is 11.5 Å². The number of nitrogens with two attached hydrogens (primary N) is 1. The van der Waals surface area contributed by atoms with Crippen LogP contribution in [0.25, 0.3) is 0 Å². The standard InChI is InChI=1S/C14H17NO3/c15-14(3-4-14)13(8-16-9-13)10-1-2-11-12(7-10)18-6-5-17-11/h1-2,7H,3-6,8-9,15H2. The van der Waals surface area contributed by atoms with Crippen LogP contribution in [0.2, 0.25) is 0 Å². The maximum atomic E-state index is 6.44. The lowest BCUT2D eigenvalue weighted by Gasteiger charge is -2.47. The van der Waals surface area contributed by atoms with Crippen LogP contribution in [0.15, 0.2) is 18.2 Å². The Labute approximate surface area is 106 Å². The Hall–Kier alpha value is -1.26. The van der Waals surface area contributed by atoms with E-state index in [9.17, 15) is 0 Å². The number of benzene rings is 1. The Morgan fingerprint density at radius 1 is 1.00 bits per heavy atom. The molecule has 1 aromatic carbocycles. The highest BCUT2D eigenvalue weighted by Gasteiger charge is 2.61. The molecule has 0 radical (unpaired) electrons. The van der Waals surface area contributed by atoms with Crippen molar-refractivity contribution in [2.24, 2.45) is 5.73 Å². The van der Waals surface area contributed by atoms with E-state index < -0.39 is 0 Å². The lowest BCUT2D eigenvalue weighted by Crippen LogP contribution is -2.60. The molecule has 3 aliphatic rings. The van der Waals surface area contributed by atoms with Gasteiger partial charge in [0.2, 0.25) is 0 Å². The minimum atomic E-state index is -0.0744. The zero-order chi connectivity index (χ0) is 12.2. The Balaban J connectivity index is 1.76. The van der Waals surface area contributed by atoms with Gasteiger partial charge in [0, 0.05) is 5.54 Å². The molecule has 0 bridgehead atoms. The van der Waals surface area contributed by atoms with Crippen molar-refractivity contribution in [2.75, 3.05) is 26.4 Å². The normalized spacial score (nSPS) is 26.3. The van der Waals surface area contributed by atoms with E-state index in [0.29, 0.717) is 13.2 Å². The van der Waals surface area contributed by atoms with Crippen LogP contribution in [0.3, 0.4) is 0 Å². The molecule has 96 valence electrons. The molecule has 2 N–H and O–H groups in total. The average Bonchev–Trinajstić information content (AvgIpc) is 3.06. The SMILES string of the molecule is NC1(C2(c3ccc4c(c3)OCCO4)COC2)CC1. The summed E-state index contributed by atoms with van der Waals surface area (Å²) < 4.78 is 16.7. The molecule has 0 unspecified atom stereocenters. The molecule has 0 spiro atoms. The summed E-state index contributed by atoms with van der Waals surface area (Å²) in [5, 5.41) is 0. The Kier molecular flexibility index (Phi) is 2.01. The Bertz CT molecular complexity index is 492. The summed E-state index contributed by atoms with van der Waals surface area (Å²) in [6.45, 7) is 2.70. The van der Waals surface area contributed by atoms with Gasteiger partial charge >= 0.3 is 0 Å². The predicted molar refractivity (Wildman–Crippen MR) is 66.1 cm³/mol. The van der Waals surface area contributed by atoms with Crippen molar-refractivity contribution >= 4 is 0 Å². The van der Waals surface area contributed by atoms with Crippen molar-refractivity contribution < 1.29 is 14.2 Å². The van der Waals surface area contributed by atoms with E-state index in [2.05, 4.69) is 12.1 Å². The summed E-state index contributed by atoms with van der Waals surface area (Å²) in [6.07, 6.45) is 2.18. The average molecular weight is 247 g/mol. The number of hydrogen-bond acceptors (Lipinski definition) is 4. The summed E-state index contributed by atoms with van der Waals surface area (Å²) in [5.41, 5.74) is 7.59. The topological polar surface area (TPSA) is 53.7 Å². The maximum Gasteiger partial charge on any atom is 0.161 e. The second-order valence-electron chi connectivity index (χ2n) is 5.59. The first kappa shape index (κ1) is 10.6. The van der Waals surface area contributed by atoms with Gasteiger partial charge in [-0.05, 0) is 30.5 Å². The molecule has 2 heterocycles. The molecule has 1 aromatic rings. The van der Waals surface area contributed by atoms with Gasteiger partial charge in [0.15, 0.2) is 11.5 Å². The molecule has 1 saturated heterocycles. The third-order valence-electron chi connectivity index (χ3n) is 4.53. The number of fused-ring (bicyclic) bond motifs is 1. The fraction of sp³-hybridized carbons (Fsp3) is 0.571. The van der Waals surface area contributed by atoms with E-state index in [0.717, 1.165) is 37.6 Å². The highest BCUT2D eigenvalue weighted by molar-refractivity contribution is 5.49. The molecular weight excluding hydrogens is 230 g/mol. The van der Waals surface area contributed by atoms with Gasteiger partial charge in [0.05, 0.1) is 18.6 Å². The number of rotatable bonds is 2. The predicted octanol–water partition coefficient (Wildman–Crippen LogP) is 1.22. The molecule has 1 aliphatic carbocycles. The molecule has 0 amide bonds. The summed E-state index contributed by atoms with van der Waals surface area (Å²) >= 11 is 0. The van der Waals surface area contributed by atoms with Crippen LogP contribution in [-0.2, 0) is 10.2 Å². The van der Waals surface area contributed by atoms with Gasteiger partial charge in [-0.1, -0.05) is 6.07 Å². The lowest BCUT2D eigenvalue weighted by molar-refractivity contribution is -0.0787. The summed E-state index contributed by atoms with van der Waals surface area (Å²) in [6, 6.07) is 6.20. The Morgan fingerprint density at radius 3 is 2.33 bits per heavy atom. The molecule has 2 aliphatic heterocycles. The van der Waals surface area contributed by atoms with E-state index in [4.69, 9.17) is 19.9 Å². The van der Waals surface area contributed by atoms with Crippen molar-refractivity contribution in [2.45, 2.75) is 23.8 Å². The third kappa shape index (κ3) is 1.27. The smallest absolute Gasteiger partial charge is 0.161 e. The largest absolute Gasteiger partial charge is 0.486 e. The monoisotopic (exact) mass is 247 g/mol. The summed E-state index contributed by atoms with van der Waals surface area (Å²) in [5.74, 6) is 1.68. The van der Waals surface area contributed by atoms with Crippen molar-refractivity contribution in [1.29, 1.82) is 0 Å². The second kappa shape index (κ2) is 3.39. The minimum absolute atomic E-state index is 0.0111. The third-order valence-corrected chi connectivity index (χ3v) is 4.53. The van der Waals surface area contributed by atoms with Crippen LogP contribution in [0.4, 0.5) is 0 Å². The molecule has 4 heteroatoms. The van der Waals surface area contributed by atoms with Gasteiger partial charge in [0.1, 0.15) is 13.2 Å². The molecule has 18 heavy (non-hydrogen) atoms. The number of hydrogen-bond donors (Lipinski definition) is 1. The molecule has 0 atom stereocenters. The number of ether oxygens (including phenoxy) is 3. The van der Waals surface area contributed by atoms with E-state index in [1.54, 1.807) is 0 Å². The highest BCUT2D eigenvalue weighted by atomic mass is 16.6. The van der Waals surface area contributed by atoms with E-state index in [-0.39, 0.29) is 11.0 Å².